The molecule has 0 amide bonds. The second-order valence-corrected chi connectivity index (χ2v) is 4.44. The van der Waals surface area contributed by atoms with E-state index in [9.17, 15) is 4.79 Å². The highest BCUT2D eigenvalue weighted by Crippen LogP contribution is 2.31. The first-order valence-corrected chi connectivity index (χ1v) is 6.25. The normalized spacial score (nSPS) is 13.5. The fraction of sp³-hybridized carbons (Fsp3) is 0.214. The van der Waals surface area contributed by atoms with E-state index >= 15 is 0 Å². The molecular weight excluding hydrogens is 258 g/mol. The minimum absolute atomic E-state index is 0.0453. The van der Waals surface area contributed by atoms with Crippen molar-refractivity contribution in [3.05, 3.63) is 48.0 Å². The van der Waals surface area contributed by atoms with Gasteiger partial charge in [-0.15, -0.1) is 0 Å². The van der Waals surface area contributed by atoms with Crippen molar-refractivity contribution in [2.24, 2.45) is 0 Å². The van der Waals surface area contributed by atoms with E-state index in [1.807, 2.05) is 24.3 Å². The molecule has 1 N–H and O–H groups in total. The Kier molecular flexibility index (Phi) is 3.20. The molecule has 1 aliphatic heterocycles. The standard InChI is InChI=1S/C14H13N3O3/c18-14(19)11-8-15-10(7-16-11)9-17-5-6-20-13-4-2-1-3-12(13)17/h1-4,7-8H,5-6,9H2,(H,18,19). The summed E-state index contributed by atoms with van der Waals surface area (Å²) in [6, 6.07) is 7.82. The van der Waals surface area contributed by atoms with Crippen molar-refractivity contribution in [3.63, 3.8) is 0 Å². The number of ether oxygens (including phenoxy) is 1. The van der Waals surface area contributed by atoms with Crippen LogP contribution in [0.3, 0.4) is 0 Å². The number of carboxylic acid groups (broad SMARTS) is 1. The molecule has 1 aromatic carbocycles. The summed E-state index contributed by atoms with van der Waals surface area (Å²) in [7, 11) is 0. The molecule has 2 heterocycles. The van der Waals surface area contributed by atoms with Crippen molar-refractivity contribution in [2.75, 3.05) is 18.1 Å². The Balaban J connectivity index is 1.80. The van der Waals surface area contributed by atoms with Crippen molar-refractivity contribution < 1.29 is 14.6 Å². The van der Waals surface area contributed by atoms with Gasteiger partial charge in [0.1, 0.15) is 12.4 Å². The predicted octanol–water partition coefficient (Wildman–Crippen LogP) is 1.57. The molecule has 0 spiro atoms. The number of carbonyl (C=O) groups is 1. The van der Waals surface area contributed by atoms with Crippen LogP contribution in [0.1, 0.15) is 16.2 Å². The Morgan fingerprint density at radius 2 is 2.15 bits per heavy atom. The maximum atomic E-state index is 10.7. The molecule has 0 unspecified atom stereocenters. The van der Waals surface area contributed by atoms with E-state index in [0.29, 0.717) is 13.2 Å². The van der Waals surface area contributed by atoms with Crippen molar-refractivity contribution in [2.45, 2.75) is 6.54 Å². The van der Waals surface area contributed by atoms with Gasteiger partial charge in [-0.3, -0.25) is 4.98 Å². The molecule has 0 bridgehead atoms. The van der Waals surface area contributed by atoms with Crippen LogP contribution < -0.4 is 9.64 Å². The number of hydrogen-bond donors (Lipinski definition) is 1. The maximum absolute atomic E-state index is 10.7. The minimum atomic E-state index is -1.07. The Morgan fingerprint density at radius 3 is 2.90 bits per heavy atom. The Labute approximate surface area is 115 Å². The van der Waals surface area contributed by atoms with Crippen LogP contribution in [-0.2, 0) is 6.54 Å². The highest BCUT2D eigenvalue weighted by Gasteiger charge is 2.18. The van der Waals surface area contributed by atoms with Crippen molar-refractivity contribution in [1.29, 1.82) is 0 Å². The Hall–Kier alpha value is -2.63. The number of hydrogen-bond acceptors (Lipinski definition) is 5. The SMILES string of the molecule is O=C(O)c1cnc(CN2CCOc3ccccc32)cn1. The van der Waals surface area contributed by atoms with E-state index in [4.69, 9.17) is 9.84 Å². The van der Waals surface area contributed by atoms with Gasteiger partial charge in [0.25, 0.3) is 0 Å². The van der Waals surface area contributed by atoms with Crippen LogP contribution in [0.4, 0.5) is 5.69 Å². The van der Waals surface area contributed by atoms with Gasteiger partial charge >= 0.3 is 5.97 Å². The van der Waals surface area contributed by atoms with Crippen LogP contribution in [0.2, 0.25) is 0 Å². The number of anilines is 1. The number of aromatic carboxylic acids is 1. The third kappa shape index (κ3) is 2.40. The molecule has 0 saturated heterocycles. The van der Waals surface area contributed by atoms with Crippen molar-refractivity contribution in [1.82, 2.24) is 9.97 Å². The van der Waals surface area contributed by atoms with Gasteiger partial charge in [0.15, 0.2) is 5.69 Å². The number of fused-ring (bicyclic) bond motifs is 1. The molecule has 0 atom stereocenters. The molecule has 3 rings (SSSR count). The number of rotatable bonds is 3. The van der Waals surface area contributed by atoms with E-state index in [2.05, 4.69) is 14.9 Å². The molecule has 20 heavy (non-hydrogen) atoms. The summed E-state index contributed by atoms with van der Waals surface area (Å²) in [5.74, 6) is -0.213. The van der Waals surface area contributed by atoms with Gasteiger partial charge in [-0.25, -0.2) is 9.78 Å². The number of para-hydroxylation sites is 2. The van der Waals surface area contributed by atoms with E-state index < -0.39 is 5.97 Å². The molecule has 0 fully saturated rings. The summed E-state index contributed by atoms with van der Waals surface area (Å²) in [6.07, 6.45) is 2.78. The first-order valence-electron chi connectivity index (χ1n) is 6.25. The topological polar surface area (TPSA) is 75.5 Å². The van der Waals surface area contributed by atoms with Crippen LogP contribution in [0.5, 0.6) is 5.75 Å². The average molecular weight is 271 g/mol. The third-order valence-corrected chi connectivity index (χ3v) is 3.10. The lowest BCUT2D eigenvalue weighted by Gasteiger charge is -2.30. The van der Waals surface area contributed by atoms with Gasteiger partial charge in [-0.1, -0.05) is 12.1 Å². The van der Waals surface area contributed by atoms with Gasteiger partial charge < -0.3 is 14.7 Å². The summed E-state index contributed by atoms with van der Waals surface area (Å²) in [4.78, 5) is 20.9. The van der Waals surface area contributed by atoms with Crippen LogP contribution in [0.25, 0.3) is 0 Å². The molecule has 1 aromatic heterocycles. The Morgan fingerprint density at radius 1 is 1.30 bits per heavy atom. The van der Waals surface area contributed by atoms with Crippen molar-refractivity contribution >= 4 is 11.7 Å². The van der Waals surface area contributed by atoms with Gasteiger partial charge in [0.2, 0.25) is 0 Å². The van der Waals surface area contributed by atoms with E-state index in [1.54, 1.807) is 0 Å². The predicted molar refractivity (Wildman–Crippen MR) is 72.0 cm³/mol. The van der Waals surface area contributed by atoms with Gasteiger partial charge in [0, 0.05) is 0 Å². The maximum Gasteiger partial charge on any atom is 0.356 e. The lowest BCUT2D eigenvalue weighted by Crippen LogP contribution is -2.32. The zero-order valence-electron chi connectivity index (χ0n) is 10.7. The number of benzene rings is 1. The summed E-state index contributed by atoms with van der Waals surface area (Å²) in [6.45, 7) is 1.96. The summed E-state index contributed by atoms with van der Waals surface area (Å²) in [5, 5.41) is 8.80. The number of aromatic nitrogens is 2. The van der Waals surface area contributed by atoms with E-state index in [1.165, 1.54) is 12.4 Å². The van der Waals surface area contributed by atoms with Gasteiger partial charge in [-0.05, 0) is 12.1 Å². The summed E-state index contributed by atoms with van der Waals surface area (Å²) in [5.41, 5.74) is 1.70. The van der Waals surface area contributed by atoms with Crippen molar-refractivity contribution in [3.8, 4) is 5.75 Å². The zero-order valence-corrected chi connectivity index (χ0v) is 10.7. The van der Waals surface area contributed by atoms with Crippen LogP contribution in [0, 0.1) is 0 Å². The number of nitrogens with zero attached hydrogens (tertiary/aromatic N) is 3. The monoisotopic (exact) mass is 271 g/mol. The van der Waals surface area contributed by atoms with E-state index in [0.717, 1.165) is 23.7 Å². The lowest BCUT2D eigenvalue weighted by molar-refractivity contribution is 0.0690. The third-order valence-electron chi connectivity index (χ3n) is 3.10. The van der Waals surface area contributed by atoms with E-state index in [-0.39, 0.29) is 5.69 Å². The molecule has 6 nitrogen and oxygen atoms in total. The minimum Gasteiger partial charge on any atom is -0.490 e. The molecule has 102 valence electrons. The first-order chi connectivity index (χ1) is 9.74. The summed E-state index contributed by atoms with van der Waals surface area (Å²) < 4.78 is 5.59. The average Bonchev–Trinajstić information content (AvgIpc) is 2.48. The fourth-order valence-electron chi connectivity index (χ4n) is 2.13. The smallest absolute Gasteiger partial charge is 0.356 e. The first kappa shape index (κ1) is 12.4. The number of carboxylic acids is 1. The van der Waals surface area contributed by atoms with Crippen LogP contribution in [0.15, 0.2) is 36.7 Å². The van der Waals surface area contributed by atoms with Gasteiger partial charge in [-0.2, -0.15) is 0 Å². The molecule has 0 radical (unpaired) electrons. The summed E-state index contributed by atoms with van der Waals surface area (Å²) >= 11 is 0. The van der Waals surface area contributed by atoms with Crippen LogP contribution >= 0.6 is 0 Å². The molecule has 0 saturated carbocycles. The highest BCUT2D eigenvalue weighted by atomic mass is 16.5. The second-order valence-electron chi connectivity index (χ2n) is 4.44. The van der Waals surface area contributed by atoms with Crippen LogP contribution in [-0.4, -0.2) is 34.2 Å². The highest BCUT2D eigenvalue weighted by molar-refractivity contribution is 5.84. The zero-order chi connectivity index (χ0) is 13.9. The van der Waals surface area contributed by atoms with Gasteiger partial charge in [0.05, 0.1) is 36.9 Å². The molecule has 2 aromatic rings. The largest absolute Gasteiger partial charge is 0.490 e. The Bertz CT molecular complexity index is 628. The second kappa shape index (κ2) is 5.16. The molecule has 1 aliphatic rings. The quantitative estimate of drug-likeness (QED) is 0.913. The fourth-order valence-corrected chi connectivity index (χ4v) is 2.13. The molecule has 6 heteroatoms. The molecule has 0 aliphatic carbocycles. The lowest BCUT2D eigenvalue weighted by atomic mass is 10.2. The molecular formula is C14H13N3O3.